The molecule has 1 aromatic rings. The van der Waals surface area contributed by atoms with Crippen molar-refractivity contribution in [2.45, 2.75) is 73.1 Å². The van der Waals surface area contributed by atoms with Crippen molar-refractivity contribution in [2.24, 2.45) is 10.8 Å². The fourth-order valence-electron chi connectivity index (χ4n) is 2.76. The number of esters is 1. The molecule has 0 fully saturated rings. The Labute approximate surface area is 158 Å². The van der Waals surface area contributed by atoms with Crippen LogP contribution >= 0.6 is 0 Å². The van der Waals surface area contributed by atoms with Crippen molar-refractivity contribution < 1.29 is 19.4 Å². The van der Waals surface area contributed by atoms with E-state index in [0.29, 0.717) is 13.0 Å². The van der Waals surface area contributed by atoms with Crippen LogP contribution in [-0.2, 0) is 27.2 Å². The first-order valence-corrected chi connectivity index (χ1v) is 9.57. The van der Waals surface area contributed by atoms with E-state index in [1.165, 1.54) is 11.1 Å². The number of hydrogen-bond acceptors (Lipinski definition) is 3. The highest BCUT2D eigenvalue weighted by molar-refractivity contribution is 5.75. The van der Waals surface area contributed by atoms with Gasteiger partial charge in [0.05, 0.1) is 17.4 Å². The minimum Gasteiger partial charge on any atom is -0.481 e. The molecule has 0 saturated heterocycles. The molecule has 0 saturated carbocycles. The van der Waals surface area contributed by atoms with Gasteiger partial charge in [0, 0.05) is 0 Å². The third-order valence-corrected chi connectivity index (χ3v) is 4.99. The molecule has 0 radical (unpaired) electrons. The van der Waals surface area contributed by atoms with Gasteiger partial charge in [-0.05, 0) is 77.8 Å². The second-order valence-corrected chi connectivity index (χ2v) is 8.32. The fraction of sp³-hybridized carbons (Fsp3) is 0.636. The number of hydrogen-bond donors (Lipinski definition) is 1. The van der Waals surface area contributed by atoms with Crippen molar-refractivity contribution in [3.05, 3.63) is 35.4 Å². The van der Waals surface area contributed by atoms with Gasteiger partial charge in [0.25, 0.3) is 0 Å². The molecule has 4 heteroatoms. The van der Waals surface area contributed by atoms with E-state index in [1.54, 1.807) is 13.8 Å². The number of carbonyl (C=O) groups excluding carboxylic acids is 1. The van der Waals surface area contributed by atoms with Crippen LogP contribution in [-0.4, -0.2) is 23.7 Å². The summed E-state index contributed by atoms with van der Waals surface area (Å²) in [7, 11) is 0. The van der Waals surface area contributed by atoms with E-state index < -0.39 is 16.8 Å². The Bertz CT molecular complexity index is 585. The van der Waals surface area contributed by atoms with Gasteiger partial charge in [-0.15, -0.1) is 0 Å². The van der Waals surface area contributed by atoms with Crippen LogP contribution in [0, 0.1) is 10.8 Å². The van der Waals surface area contributed by atoms with Crippen molar-refractivity contribution in [1.29, 1.82) is 0 Å². The predicted octanol–water partition coefficient (Wildman–Crippen LogP) is 5.03. The van der Waals surface area contributed by atoms with Crippen LogP contribution in [0.15, 0.2) is 24.3 Å². The lowest BCUT2D eigenvalue weighted by Crippen LogP contribution is -2.27. The summed E-state index contributed by atoms with van der Waals surface area (Å²) >= 11 is 0. The Morgan fingerprint density at radius 2 is 1.42 bits per heavy atom. The molecule has 146 valence electrons. The highest BCUT2D eigenvalue weighted by atomic mass is 16.5. The zero-order chi connectivity index (χ0) is 19.8. The van der Waals surface area contributed by atoms with Crippen molar-refractivity contribution in [2.75, 3.05) is 6.61 Å². The van der Waals surface area contributed by atoms with Gasteiger partial charge < -0.3 is 9.84 Å². The number of unbranched alkanes of at least 4 members (excludes halogenated alkanes) is 1. The number of carbonyl (C=O) groups is 2. The lowest BCUT2D eigenvalue weighted by Gasteiger charge is -2.22. The zero-order valence-electron chi connectivity index (χ0n) is 16.9. The summed E-state index contributed by atoms with van der Waals surface area (Å²) in [5.74, 6) is -0.867. The van der Waals surface area contributed by atoms with Gasteiger partial charge in [-0.3, -0.25) is 9.59 Å². The third-order valence-electron chi connectivity index (χ3n) is 4.99. The van der Waals surface area contributed by atoms with Crippen LogP contribution in [0.25, 0.3) is 0 Å². The summed E-state index contributed by atoms with van der Waals surface area (Å²) in [6.45, 7) is 9.66. The molecule has 1 N–H and O–H groups in total. The zero-order valence-corrected chi connectivity index (χ0v) is 16.9. The monoisotopic (exact) mass is 362 g/mol. The molecule has 0 aliphatic carbocycles. The van der Waals surface area contributed by atoms with E-state index in [0.717, 1.165) is 32.1 Å². The van der Waals surface area contributed by atoms with E-state index in [4.69, 9.17) is 9.84 Å². The molecule has 0 unspecified atom stereocenters. The van der Waals surface area contributed by atoms with Crippen molar-refractivity contribution >= 4 is 11.9 Å². The first-order chi connectivity index (χ1) is 12.1. The highest BCUT2D eigenvalue weighted by Crippen LogP contribution is 2.26. The lowest BCUT2D eigenvalue weighted by molar-refractivity contribution is -0.153. The summed E-state index contributed by atoms with van der Waals surface area (Å²) in [6, 6.07) is 8.51. The molecule has 4 nitrogen and oxygen atoms in total. The van der Waals surface area contributed by atoms with Crippen molar-refractivity contribution in [3.63, 3.8) is 0 Å². The Hall–Kier alpha value is -1.84. The normalized spacial score (nSPS) is 12.0. The summed E-state index contributed by atoms with van der Waals surface area (Å²) in [5, 5.41) is 9.13. The van der Waals surface area contributed by atoms with Gasteiger partial charge in [-0.1, -0.05) is 30.7 Å². The van der Waals surface area contributed by atoms with Crippen LogP contribution in [0.5, 0.6) is 0 Å². The molecule has 0 atom stereocenters. The van der Waals surface area contributed by atoms with Crippen molar-refractivity contribution in [1.82, 2.24) is 0 Å². The van der Waals surface area contributed by atoms with Gasteiger partial charge in [0.2, 0.25) is 0 Å². The molecule has 26 heavy (non-hydrogen) atoms. The molecule has 1 rings (SSSR count). The van der Waals surface area contributed by atoms with Crippen LogP contribution < -0.4 is 0 Å². The Morgan fingerprint density at radius 3 is 1.92 bits per heavy atom. The van der Waals surface area contributed by atoms with Crippen LogP contribution in [0.4, 0.5) is 0 Å². The molecular weight excluding hydrogens is 328 g/mol. The van der Waals surface area contributed by atoms with Gasteiger partial charge in [-0.25, -0.2) is 0 Å². The standard InChI is InChI=1S/C22H34O4/c1-6-26-20(25)22(4,5)16-14-18-12-10-17(11-13-18)9-7-8-15-21(2,3)19(23)24/h10-13H,6-9,14-16H2,1-5H3,(H,23,24). The maximum Gasteiger partial charge on any atom is 0.311 e. The van der Waals surface area contributed by atoms with Gasteiger partial charge in [0.1, 0.15) is 0 Å². The number of aliphatic carboxylic acids is 1. The average Bonchev–Trinajstić information content (AvgIpc) is 2.58. The lowest BCUT2D eigenvalue weighted by atomic mass is 9.86. The Kier molecular flexibility index (Phi) is 8.32. The number of rotatable bonds is 11. The van der Waals surface area contributed by atoms with Gasteiger partial charge >= 0.3 is 11.9 Å². The summed E-state index contributed by atoms with van der Waals surface area (Å²) < 4.78 is 5.13. The molecule has 1 aromatic carbocycles. The topological polar surface area (TPSA) is 63.6 Å². The van der Waals surface area contributed by atoms with E-state index >= 15 is 0 Å². The van der Waals surface area contributed by atoms with Crippen LogP contribution in [0.3, 0.4) is 0 Å². The molecule has 0 bridgehead atoms. The van der Waals surface area contributed by atoms with E-state index in [-0.39, 0.29) is 5.97 Å². The second-order valence-electron chi connectivity index (χ2n) is 8.32. The number of ether oxygens (including phenoxy) is 1. The number of carboxylic acid groups (broad SMARTS) is 1. The molecular formula is C22H34O4. The van der Waals surface area contributed by atoms with Crippen molar-refractivity contribution in [3.8, 4) is 0 Å². The van der Waals surface area contributed by atoms with Gasteiger partial charge in [-0.2, -0.15) is 0 Å². The number of aryl methyl sites for hydroxylation is 2. The maximum absolute atomic E-state index is 11.9. The van der Waals surface area contributed by atoms with Crippen LogP contribution in [0.1, 0.15) is 71.4 Å². The first-order valence-electron chi connectivity index (χ1n) is 9.57. The number of benzene rings is 1. The second kappa shape index (κ2) is 9.75. The summed E-state index contributed by atoms with van der Waals surface area (Å²) in [6.07, 6.45) is 5.17. The maximum atomic E-state index is 11.9. The number of carboxylic acids is 1. The minimum absolute atomic E-state index is 0.138. The first kappa shape index (κ1) is 22.2. The fourth-order valence-corrected chi connectivity index (χ4v) is 2.76. The van der Waals surface area contributed by atoms with Gasteiger partial charge in [0.15, 0.2) is 0 Å². The summed E-state index contributed by atoms with van der Waals surface area (Å²) in [4.78, 5) is 23.0. The molecule has 0 aliphatic heterocycles. The predicted molar refractivity (Wildman–Crippen MR) is 104 cm³/mol. The molecule has 0 heterocycles. The minimum atomic E-state index is -0.729. The highest BCUT2D eigenvalue weighted by Gasteiger charge is 2.28. The third kappa shape index (κ3) is 7.19. The average molecular weight is 363 g/mol. The van der Waals surface area contributed by atoms with Crippen LogP contribution in [0.2, 0.25) is 0 Å². The summed E-state index contributed by atoms with van der Waals surface area (Å²) in [5.41, 5.74) is 1.38. The molecule has 0 aromatic heterocycles. The molecule has 0 spiro atoms. The largest absolute Gasteiger partial charge is 0.481 e. The SMILES string of the molecule is CCOC(=O)C(C)(C)CCc1ccc(CCCCC(C)(C)C(=O)O)cc1. The molecule has 0 aliphatic rings. The smallest absolute Gasteiger partial charge is 0.311 e. The Morgan fingerprint density at radius 1 is 0.885 bits per heavy atom. The van der Waals surface area contributed by atoms with E-state index in [9.17, 15) is 9.59 Å². The molecule has 0 amide bonds. The Balaban J connectivity index is 2.42. The van der Waals surface area contributed by atoms with E-state index in [1.807, 2.05) is 20.8 Å². The quantitative estimate of drug-likeness (QED) is 0.443. The van der Waals surface area contributed by atoms with E-state index in [2.05, 4.69) is 24.3 Å².